The molecule has 0 aliphatic heterocycles. The van der Waals surface area contributed by atoms with Crippen LogP contribution in [0.5, 0.6) is 0 Å². The van der Waals surface area contributed by atoms with Crippen LogP contribution in [0.2, 0.25) is 0 Å². The maximum atomic E-state index is 12.3. The van der Waals surface area contributed by atoms with Crippen molar-refractivity contribution in [1.82, 2.24) is 15.5 Å². The monoisotopic (exact) mass is 480 g/mol. The molecule has 0 aliphatic rings. The van der Waals surface area contributed by atoms with Gasteiger partial charge in [-0.1, -0.05) is 33.1 Å². The lowest BCUT2D eigenvalue weighted by Gasteiger charge is -2.21. The van der Waals surface area contributed by atoms with Crippen molar-refractivity contribution in [2.24, 2.45) is 10.9 Å². The number of aliphatic imine (C=N–C) groups is 1. The highest BCUT2D eigenvalue weighted by molar-refractivity contribution is 14.0. The maximum Gasteiger partial charge on any atom is 0.406 e. The van der Waals surface area contributed by atoms with Crippen molar-refractivity contribution in [3.8, 4) is 0 Å². The summed E-state index contributed by atoms with van der Waals surface area (Å²) in [5.74, 6) is 0.324. The van der Waals surface area contributed by atoms with Gasteiger partial charge in [0.2, 0.25) is 5.91 Å². The number of amides is 1. The molecule has 25 heavy (non-hydrogen) atoms. The number of nitrogens with one attached hydrogen (secondary N) is 2. The minimum absolute atomic E-state index is 0. The van der Waals surface area contributed by atoms with Crippen molar-refractivity contribution in [3.63, 3.8) is 0 Å². The first-order chi connectivity index (χ1) is 11.2. The number of likely N-dealkylation sites (N-methyl/N-ethyl adjacent to an activating group) is 1. The van der Waals surface area contributed by atoms with E-state index >= 15 is 0 Å². The van der Waals surface area contributed by atoms with E-state index in [2.05, 4.69) is 29.5 Å². The Hall–Kier alpha value is -0.740. The molecule has 9 heteroatoms. The Balaban J connectivity index is 0. The maximum absolute atomic E-state index is 12.3. The van der Waals surface area contributed by atoms with Crippen LogP contribution in [0.1, 0.15) is 46.0 Å². The topological polar surface area (TPSA) is 56.7 Å². The standard InChI is InChI=1S/C16H31F3N4O.HI/c1-5-7-9-13(8-6-2)10-21-15(20-3)22-11-14(24)23(4)12-16(17,18)19;/h13H,5-12H2,1-4H3,(H2,20,21,22);1H. The Kier molecular flexibility index (Phi) is 15.3. The fourth-order valence-electron chi connectivity index (χ4n) is 2.36. The van der Waals surface area contributed by atoms with Gasteiger partial charge in [0.1, 0.15) is 6.54 Å². The van der Waals surface area contributed by atoms with Gasteiger partial charge in [-0.3, -0.25) is 9.79 Å². The molecule has 1 amide bonds. The van der Waals surface area contributed by atoms with E-state index in [-0.39, 0.29) is 30.5 Å². The van der Waals surface area contributed by atoms with Crippen molar-refractivity contribution in [2.45, 2.75) is 52.1 Å². The van der Waals surface area contributed by atoms with E-state index in [4.69, 9.17) is 0 Å². The number of hydrogen-bond donors (Lipinski definition) is 2. The Morgan fingerprint density at radius 2 is 1.80 bits per heavy atom. The Labute approximate surface area is 166 Å². The van der Waals surface area contributed by atoms with Gasteiger partial charge in [-0.25, -0.2) is 0 Å². The van der Waals surface area contributed by atoms with Crippen LogP contribution in [0, 0.1) is 5.92 Å². The lowest BCUT2D eigenvalue weighted by molar-refractivity contribution is -0.157. The van der Waals surface area contributed by atoms with Crippen LogP contribution in [-0.4, -0.2) is 56.7 Å². The lowest BCUT2D eigenvalue weighted by Crippen LogP contribution is -2.46. The first-order valence-corrected chi connectivity index (χ1v) is 8.48. The van der Waals surface area contributed by atoms with E-state index in [9.17, 15) is 18.0 Å². The van der Waals surface area contributed by atoms with Crippen LogP contribution in [0.15, 0.2) is 4.99 Å². The highest BCUT2D eigenvalue weighted by Crippen LogP contribution is 2.15. The third kappa shape index (κ3) is 14.1. The molecule has 0 aliphatic carbocycles. The molecule has 0 radical (unpaired) electrons. The average Bonchev–Trinajstić information content (AvgIpc) is 2.50. The zero-order chi connectivity index (χ0) is 18.6. The van der Waals surface area contributed by atoms with Gasteiger partial charge in [-0.05, 0) is 18.8 Å². The summed E-state index contributed by atoms with van der Waals surface area (Å²) in [6.45, 7) is 3.55. The van der Waals surface area contributed by atoms with Crippen LogP contribution in [0.3, 0.4) is 0 Å². The number of guanidine groups is 1. The number of alkyl halides is 3. The molecule has 0 bridgehead atoms. The second kappa shape index (κ2) is 14.4. The predicted octanol–water partition coefficient (Wildman–Crippen LogP) is 3.40. The minimum atomic E-state index is -4.39. The molecule has 1 atom stereocenters. The first-order valence-electron chi connectivity index (χ1n) is 8.48. The molecule has 150 valence electrons. The third-order valence-corrected chi connectivity index (χ3v) is 3.69. The van der Waals surface area contributed by atoms with Gasteiger partial charge >= 0.3 is 6.18 Å². The second-order valence-electron chi connectivity index (χ2n) is 5.97. The normalized spacial score (nSPS) is 13.0. The summed E-state index contributed by atoms with van der Waals surface area (Å²) in [5.41, 5.74) is 0. The Morgan fingerprint density at radius 1 is 1.16 bits per heavy atom. The van der Waals surface area contributed by atoms with Crippen molar-refractivity contribution >= 4 is 35.8 Å². The summed E-state index contributed by atoms with van der Waals surface area (Å²) in [7, 11) is 2.70. The van der Waals surface area contributed by atoms with Crippen LogP contribution in [-0.2, 0) is 4.79 Å². The fraction of sp³-hybridized carbons (Fsp3) is 0.875. The van der Waals surface area contributed by atoms with Gasteiger partial charge in [0.15, 0.2) is 5.96 Å². The predicted molar refractivity (Wildman–Crippen MR) is 106 cm³/mol. The Bertz CT molecular complexity index is 392. The molecule has 0 rings (SSSR count). The van der Waals surface area contributed by atoms with Gasteiger partial charge in [-0.15, -0.1) is 24.0 Å². The molecule has 0 aromatic heterocycles. The average molecular weight is 480 g/mol. The van der Waals surface area contributed by atoms with E-state index in [0.717, 1.165) is 39.3 Å². The number of carbonyl (C=O) groups excluding carboxylic acids is 1. The van der Waals surface area contributed by atoms with Crippen molar-refractivity contribution in [3.05, 3.63) is 0 Å². The van der Waals surface area contributed by atoms with E-state index in [1.54, 1.807) is 7.05 Å². The van der Waals surface area contributed by atoms with E-state index < -0.39 is 18.6 Å². The molecule has 0 fully saturated rings. The summed E-state index contributed by atoms with van der Waals surface area (Å²) < 4.78 is 36.8. The van der Waals surface area contributed by atoms with Gasteiger partial charge in [0.05, 0.1) is 6.54 Å². The molecular weight excluding hydrogens is 448 g/mol. The molecule has 0 spiro atoms. The van der Waals surface area contributed by atoms with Crippen LogP contribution in [0.4, 0.5) is 13.2 Å². The minimum Gasteiger partial charge on any atom is -0.356 e. The zero-order valence-electron chi connectivity index (χ0n) is 15.6. The molecule has 0 aromatic carbocycles. The van der Waals surface area contributed by atoms with Crippen molar-refractivity contribution in [2.75, 3.05) is 33.7 Å². The van der Waals surface area contributed by atoms with Gasteiger partial charge in [-0.2, -0.15) is 13.2 Å². The molecular formula is C16H32F3IN4O. The number of nitrogens with zero attached hydrogens (tertiary/aromatic N) is 2. The van der Waals surface area contributed by atoms with Gasteiger partial charge < -0.3 is 15.5 Å². The SMILES string of the molecule is CCCCC(CCC)CNC(=NC)NCC(=O)N(C)CC(F)(F)F.I. The van der Waals surface area contributed by atoms with Gasteiger partial charge in [0.25, 0.3) is 0 Å². The zero-order valence-corrected chi connectivity index (χ0v) is 17.9. The first kappa shape index (κ1) is 26.5. The van der Waals surface area contributed by atoms with Crippen LogP contribution in [0.25, 0.3) is 0 Å². The van der Waals surface area contributed by atoms with Gasteiger partial charge in [0, 0.05) is 20.6 Å². The lowest BCUT2D eigenvalue weighted by atomic mass is 9.97. The second-order valence-corrected chi connectivity index (χ2v) is 5.97. The summed E-state index contributed by atoms with van der Waals surface area (Å²) in [4.78, 5) is 16.4. The molecule has 0 heterocycles. The van der Waals surface area contributed by atoms with Crippen LogP contribution >= 0.6 is 24.0 Å². The molecule has 0 saturated carbocycles. The third-order valence-electron chi connectivity index (χ3n) is 3.69. The quantitative estimate of drug-likeness (QED) is 0.287. The number of carbonyl (C=O) groups is 1. The number of halogens is 4. The van der Waals surface area contributed by atoms with E-state index in [1.165, 1.54) is 6.42 Å². The largest absolute Gasteiger partial charge is 0.406 e. The molecule has 1 unspecified atom stereocenters. The summed E-state index contributed by atoms with van der Waals surface area (Å²) in [5, 5.41) is 5.92. The summed E-state index contributed by atoms with van der Waals surface area (Å²) in [6, 6.07) is 0. The summed E-state index contributed by atoms with van der Waals surface area (Å²) >= 11 is 0. The molecule has 0 saturated heterocycles. The van der Waals surface area contributed by atoms with Crippen molar-refractivity contribution < 1.29 is 18.0 Å². The number of unbranched alkanes of at least 4 members (excludes halogenated alkanes) is 1. The summed E-state index contributed by atoms with van der Waals surface area (Å²) in [6.07, 6.45) is 1.25. The highest BCUT2D eigenvalue weighted by Gasteiger charge is 2.31. The number of rotatable bonds is 10. The van der Waals surface area contributed by atoms with E-state index in [0.29, 0.717) is 16.8 Å². The molecule has 5 nitrogen and oxygen atoms in total. The number of hydrogen-bond acceptors (Lipinski definition) is 2. The Morgan fingerprint density at radius 3 is 2.28 bits per heavy atom. The fourth-order valence-corrected chi connectivity index (χ4v) is 2.36. The molecule has 2 N–H and O–H groups in total. The smallest absolute Gasteiger partial charge is 0.356 e. The van der Waals surface area contributed by atoms with E-state index in [1.807, 2.05) is 0 Å². The highest BCUT2D eigenvalue weighted by atomic mass is 127. The van der Waals surface area contributed by atoms with Crippen molar-refractivity contribution in [1.29, 1.82) is 0 Å². The molecule has 0 aromatic rings. The van der Waals surface area contributed by atoms with Crippen LogP contribution < -0.4 is 10.6 Å².